The third kappa shape index (κ3) is 4.47. The lowest BCUT2D eigenvalue weighted by molar-refractivity contribution is 0.0662. The van der Waals surface area contributed by atoms with E-state index in [9.17, 15) is 4.79 Å². The van der Waals surface area contributed by atoms with Crippen LogP contribution in [0, 0.1) is 5.92 Å². The van der Waals surface area contributed by atoms with Gasteiger partial charge in [0.05, 0.1) is 17.3 Å². The van der Waals surface area contributed by atoms with E-state index < -0.39 is 0 Å². The molecule has 1 unspecified atom stereocenters. The molecule has 3 fully saturated rings. The molecule has 4 atom stereocenters. The molecule has 1 aliphatic carbocycles. The molecule has 1 saturated carbocycles. The normalized spacial score (nSPS) is 23.9. The fourth-order valence-corrected chi connectivity index (χ4v) is 6.50. The zero-order chi connectivity index (χ0) is 25.6. The van der Waals surface area contributed by atoms with E-state index in [1.807, 2.05) is 48.5 Å². The summed E-state index contributed by atoms with van der Waals surface area (Å²) >= 11 is 0. The summed E-state index contributed by atoms with van der Waals surface area (Å²) in [6.07, 6.45) is 7.40. The largest absolute Gasteiger partial charge is 0.490 e. The van der Waals surface area contributed by atoms with Crippen LogP contribution in [0.3, 0.4) is 0 Å². The number of benzene rings is 3. The zero-order valence-corrected chi connectivity index (χ0v) is 21.8. The number of fused-ring (bicyclic) bond motifs is 3. The number of carbonyl (C=O) groups is 1. The van der Waals surface area contributed by atoms with Crippen LogP contribution in [0.1, 0.15) is 60.5 Å². The fourth-order valence-electron chi connectivity index (χ4n) is 6.50. The van der Waals surface area contributed by atoms with Crippen molar-refractivity contribution in [1.29, 1.82) is 0 Å². The Labute approximate surface area is 223 Å². The number of hydrogen-bond acceptors (Lipinski definition) is 4. The van der Waals surface area contributed by atoms with Crippen molar-refractivity contribution >= 4 is 16.8 Å². The molecule has 1 aromatic heterocycles. The van der Waals surface area contributed by atoms with Gasteiger partial charge in [0, 0.05) is 28.6 Å². The lowest BCUT2D eigenvalue weighted by Gasteiger charge is -2.36. The summed E-state index contributed by atoms with van der Waals surface area (Å²) < 4.78 is 6.38. The number of nitrogens with zero attached hydrogens (tertiary/aromatic N) is 2. The van der Waals surface area contributed by atoms with Crippen molar-refractivity contribution in [1.82, 2.24) is 20.4 Å². The third-order valence-corrected chi connectivity index (χ3v) is 8.85. The van der Waals surface area contributed by atoms with Gasteiger partial charge in [0.2, 0.25) is 0 Å². The Kier molecular flexibility index (Phi) is 5.92. The van der Waals surface area contributed by atoms with Gasteiger partial charge in [-0.25, -0.2) is 0 Å². The van der Waals surface area contributed by atoms with Crippen LogP contribution in [0.25, 0.3) is 22.2 Å². The standard InChI is InChI=1S/C32H34N4O2/c1-36-24-12-13-25(36)19-27(18-24)38-26-14-9-22(10-15-26)31-28-17-23(11-16-29(28)34-35-31)32(37)33-30(21-7-8-21)20-5-3-2-4-6-20/h2-6,9-11,14-17,21,24-25,27,30H,7-8,12-13,18-19H2,1H3,(H,33,37)(H,34,35)/t24-,25+,27?,30-/m1/s1. The molecular formula is C32H34N4O2. The number of ether oxygens (including phenoxy) is 1. The summed E-state index contributed by atoms with van der Waals surface area (Å²) in [5.41, 5.74) is 4.59. The van der Waals surface area contributed by atoms with Crippen molar-refractivity contribution in [3.63, 3.8) is 0 Å². The van der Waals surface area contributed by atoms with E-state index in [2.05, 4.69) is 51.7 Å². The van der Waals surface area contributed by atoms with Gasteiger partial charge in [-0.2, -0.15) is 5.10 Å². The second-order valence-corrected chi connectivity index (χ2v) is 11.3. The van der Waals surface area contributed by atoms with Crippen LogP contribution in [0.15, 0.2) is 72.8 Å². The van der Waals surface area contributed by atoms with E-state index in [1.165, 1.54) is 18.4 Å². The molecule has 2 bridgehead atoms. The predicted octanol–water partition coefficient (Wildman–Crippen LogP) is 6.12. The minimum absolute atomic E-state index is 0.0457. The molecule has 6 heteroatoms. The first-order chi connectivity index (χ1) is 18.6. The fraction of sp³-hybridized carbons (Fsp3) is 0.375. The highest BCUT2D eigenvalue weighted by Gasteiger charge is 2.39. The van der Waals surface area contributed by atoms with Gasteiger partial charge in [-0.05, 0) is 99.5 Å². The summed E-state index contributed by atoms with van der Waals surface area (Å²) in [5.74, 6) is 1.38. The quantitative estimate of drug-likeness (QED) is 0.317. The molecular weight excluding hydrogens is 472 g/mol. The number of hydrogen-bond donors (Lipinski definition) is 2. The van der Waals surface area contributed by atoms with Gasteiger partial charge in [-0.1, -0.05) is 30.3 Å². The van der Waals surface area contributed by atoms with E-state index in [0.29, 0.717) is 23.6 Å². The van der Waals surface area contributed by atoms with Gasteiger partial charge in [0.25, 0.3) is 5.91 Å². The minimum atomic E-state index is -0.0457. The summed E-state index contributed by atoms with van der Waals surface area (Å²) in [5, 5.41) is 12.0. The summed E-state index contributed by atoms with van der Waals surface area (Å²) in [6, 6.07) is 25.7. The topological polar surface area (TPSA) is 70.2 Å². The van der Waals surface area contributed by atoms with E-state index in [-0.39, 0.29) is 18.1 Å². The minimum Gasteiger partial charge on any atom is -0.490 e. The third-order valence-electron chi connectivity index (χ3n) is 8.85. The molecule has 0 spiro atoms. The van der Waals surface area contributed by atoms with Crippen molar-refractivity contribution in [2.24, 2.45) is 5.92 Å². The molecule has 7 rings (SSSR count). The zero-order valence-electron chi connectivity index (χ0n) is 21.8. The number of rotatable bonds is 7. The number of piperidine rings is 1. The molecule has 2 saturated heterocycles. The Morgan fingerprint density at radius 3 is 2.42 bits per heavy atom. The van der Waals surface area contributed by atoms with Crippen LogP contribution in [-0.4, -0.2) is 46.2 Å². The van der Waals surface area contributed by atoms with Gasteiger partial charge >= 0.3 is 0 Å². The molecule has 4 aromatic rings. The smallest absolute Gasteiger partial charge is 0.251 e. The maximum absolute atomic E-state index is 13.3. The Morgan fingerprint density at radius 1 is 0.974 bits per heavy atom. The van der Waals surface area contributed by atoms with Crippen LogP contribution in [-0.2, 0) is 0 Å². The second kappa shape index (κ2) is 9.59. The number of amides is 1. The van der Waals surface area contributed by atoms with Crippen molar-refractivity contribution in [2.45, 2.75) is 62.8 Å². The number of aromatic amines is 1. The van der Waals surface area contributed by atoms with Crippen molar-refractivity contribution < 1.29 is 9.53 Å². The van der Waals surface area contributed by atoms with Crippen LogP contribution in [0.4, 0.5) is 0 Å². The van der Waals surface area contributed by atoms with E-state index in [0.717, 1.165) is 53.6 Å². The molecule has 0 radical (unpaired) electrons. The van der Waals surface area contributed by atoms with Gasteiger partial charge < -0.3 is 15.0 Å². The number of aromatic nitrogens is 2. The number of nitrogens with one attached hydrogen (secondary N) is 2. The first-order valence-electron chi connectivity index (χ1n) is 14.0. The Morgan fingerprint density at radius 2 is 1.71 bits per heavy atom. The SMILES string of the molecule is CN1[C@@H]2CC[C@H]1CC(Oc1ccc(-c3n[nH]c4ccc(C(=O)N[C@H](c5ccccc5)C5CC5)cc34)cc1)C2. The maximum atomic E-state index is 13.3. The van der Waals surface area contributed by atoms with Gasteiger partial charge in [-0.3, -0.25) is 9.89 Å². The van der Waals surface area contributed by atoms with E-state index in [1.54, 1.807) is 0 Å². The maximum Gasteiger partial charge on any atom is 0.251 e. The molecule has 3 aliphatic rings. The van der Waals surface area contributed by atoms with Gasteiger partial charge in [0.15, 0.2) is 0 Å². The summed E-state index contributed by atoms with van der Waals surface area (Å²) in [6.45, 7) is 0. The first kappa shape index (κ1) is 23.5. The van der Waals surface area contributed by atoms with Crippen LogP contribution in [0.2, 0.25) is 0 Å². The second-order valence-electron chi connectivity index (χ2n) is 11.3. The van der Waals surface area contributed by atoms with Gasteiger partial charge in [-0.15, -0.1) is 0 Å². The highest BCUT2D eigenvalue weighted by molar-refractivity contribution is 6.01. The summed E-state index contributed by atoms with van der Waals surface area (Å²) in [4.78, 5) is 15.9. The molecule has 1 amide bonds. The Bertz CT molecular complexity index is 1430. The van der Waals surface area contributed by atoms with E-state index >= 15 is 0 Å². The molecule has 3 aromatic carbocycles. The molecule has 6 nitrogen and oxygen atoms in total. The Hall–Kier alpha value is -3.64. The molecule has 194 valence electrons. The first-order valence-corrected chi connectivity index (χ1v) is 14.0. The van der Waals surface area contributed by atoms with E-state index in [4.69, 9.17) is 4.74 Å². The lowest BCUT2D eigenvalue weighted by atomic mass is 10.0. The molecule has 2 N–H and O–H groups in total. The van der Waals surface area contributed by atoms with Gasteiger partial charge in [0.1, 0.15) is 11.9 Å². The van der Waals surface area contributed by atoms with Crippen LogP contribution >= 0.6 is 0 Å². The molecule has 38 heavy (non-hydrogen) atoms. The monoisotopic (exact) mass is 506 g/mol. The van der Waals surface area contributed by atoms with Crippen molar-refractivity contribution in [2.75, 3.05) is 7.05 Å². The average Bonchev–Trinajstić information content (AvgIpc) is 3.67. The summed E-state index contributed by atoms with van der Waals surface area (Å²) in [7, 11) is 2.26. The molecule has 3 heterocycles. The average molecular weight is 507 g/mol. The van der Waals surface area contributed by atoms with Crippen LogP contribution < -0.4 is 10.1 Å². The number of carbonyl (C=O) groups excluding carboxylic acids is 1. The number of H-pyrrole nitrogens is 1. The highest BCUT2D eigenvalue weighted by Crippen LogP contribution is 2.41. The van der Waals surface area contributed by atoms with Crippen LogP contribution in [0.5, 0.6) is 5.75 Å². The Balaban J connectivity index is 1.08. The van der Waals surface area contributed by atoms with Crippen molar-refractivity contribution in [3.05, 3.63) is 83.9 Å². The highest BCUT2D eigenvalue weighted by atomic mass is 16.5. The molecule has 2 aliphatic heterocycles. The lowest BCUT2D eigenvalue weighted by Crippen LogP contribution is -2.43. The predicted molar refractivity (Wildman–Crippen MR) is 149 cm³/mol. The van der Waals surface area contributed by atoms with Crippen molar-refractivity contribution in [3.8, 4) is 17.0 Å².